The first-order valence-corrected chi connectivity index (χ1v) is 32.3. The van der Waals surface area contributed by atoms with Crippen molar-refractivity contribution in [3.05, 3.63) is 24.3 Å². The number of rotatable bonds is 60. The van der Waals surface area contributed by atoms with Crippen LogP contribution < -0.4 is 0 Å². The third kappa shape index (κ3) is 58.8. The Balaban J connectivity index is 4.08. The molecule has 0 fully saturated rings. The van der Waals surface area contributed by atoms with Gasteiger partial charge in [0.05, 0.1) is 0 Å². The largest absolute Gasteiger partial charge is 0.462 e. The average molecular weight is 1010 g/mol. The van der Waals surface area contributed by atoms with Crippen molar-refractivity contribution in [1.82, 2.24) is 0 Å². The Morgan fingerprint density at radius 3 is 0.750 bits per heavy atom. The molecule has 0 N–H and O–H groups in total. The predicted octanol–water partition coefficient (Wildman–Crippen LogP) is 21.8. The third-order valence-corrected chi connectivity index (χ3v) is 14.7. The van der Waals surface area contributed by atoms with Crippen molar-refractivity contribution in [3.63, 3.8) is 0 Å². The summed E-state index contributed by atoms with van der Waals surface area (Å²) < 4.78 is 16.9. The molecule has 0 aromatic heterocycles. The first-order chi connectivity index (χ1) is 35.5. The van der Waals surface area contributed by atoms with Crippen LogP contribution in [0, 0.1) is 0 Å². The molecule has 1 unspecified atom stereocenters. The lowest BCUT2D eigenvalue weighted by molar-refractivity contribution is -0.167. The molecule has 6 nitrogen and oxygen atoms in total. The lowest BCUT2D eigenvalue weighted by Gasteiger charge is -2.18. The van der Waals surface area contributed by atoms with E-state index in [1.165, 1.54) is 244 Å². The van der Waals surface area contributed by atoms with E-state index in [-0.39, 0.29) is 31.1 Å². The van der Waals surface area contributed by atoms with Crippen LogP contribution in [0.2, 0.25) is 0 Å². The number of carbonyl (C=O) groups is 3. The van der Waals surface area contributed by atoms with Crippen molar-refractivity contribution < 1.29 is 28.6 Å². The molecule has 0 amide bonds. The topological polar surface area (TPSA) is 78.9 Å². The second-order valence-electron chi connectivity index (χ2n) is 22.0. The molecule has 0 heterocycles. The zero-order valence-electron chi connectivity index (χ0n) is 48.7. The molecule has 1 atom stereocenters. The minimum absolute atomic E-state index is 0.0729. The lowest BCUT2D eigenvalue weighted by Crippen LogP contribution is -2.30. The van der Waals surface area contributed by atoms with E-state index >= 15 is 0 Å². The van der Waals surface area contributed by atoms with E-state index in [0.29, 0.717) is 19.3 Å². The summed E-state index contributed by atoms with van der Waals surface area (Å²) >= 11 is 0. The predicted molar refractivity (Wildman–Crippen MR) is 312 cm³/mol. The van der Waals surface area contributed by atoms with Crippen LogP contribution >= 0.6 is 0 Å². The van der Waals surface area contributed by atoms with Gasteiger partial charge in [0.25, 0.3) is 0 Å². The van der Waals surface area contributed by atoms with Crippen molar-refractivity contribution in [2.45, 2.75) is 367 Å². The highest BCUT2D eigenvalue weighted by molar-refractivity contribution is 5.71. The van der Waals surface area contributed by atoms with Gasteiger partial charge < -0.3 is 14.2 Å². The summed E-state index contributed by atoms with van der Waals surface area (Å²) in [4.78, 5) is 38.1. The Hall–Kier alpha value is -2.11. The first-order valence-electron chi connectivity index (χ1n) is 32.3. The summed E-state index contributed by atoms with van der Waals surface area (Å²) in [5.41, 5.74) is 0. The fourth-order valence-electron chi connectivity index (χ4n) is 9.80. The van der Waals surface area contributed by atoms with Gasteiger partial charge in [0.1, 0.15) is 13.2 Å². The molecule has 0 radical (unpaired) electrons. The lowest BCUT2D eigenvalue weighted by atomic mass is 10.0. The molecule has 0 aromatic rings. The molecular weight excluding hydrogens is 889 g/mol. The quantitative estimate of drug-likeness (QED) is 0.0261. The highest BCUT2D eigenvalue weighted by Crippen LogP contribution is 2.18. The maximum Gasteiger partial charge on any atom is 0.306 e. The van der Waals surface area contributed by atoms with Gasteiger partial charge in [-0.2, -0.15) is 0 Å². The van der Waals surface area contributed by atoms with Crippen LogP contribution in [-0.2, 0) is 28.6 Å². The summed E-state index contributed by atoms with van der Waals surface area (Å²) in [7, 11) is 0. The van der Waals surface area contributed by atoms with Gasteiger partial charge in [0.15, 0.2) is 6.10 Å². The van der Waals surface area contributed by atoms with Crippen molar-refractivity contribution in [2.24, 2.45) is 0 Å². The maximum atomic E-state index is 12.8. The van der Waals surface area contributed by atoms with Crippen molar-refractivity contribution in [3.8, 4) is 0 Å². The second-order valence-corrected chi connectivity index (χ2v) is 22.0. The standard InChI is InChI=1S/C66H124O6/c1-4-7-10-13-16-19-22-24-26-27-28-29-30-31-32-33-34-35-36-37-38-39-41-42-44-47-50-53-56-59-65(68)71-62-63(61-70-64(67)58-55-52-49-46-21-18-15-12-9-6-3)72-66(69)60-57-54-51-48-45-43-40-25-23-20-17-14-11-8-5-2/h12,15,25,40,63H,4-11,13-14,16-24,26-39,41-62H2,1-3H3/b15-12-,40-25-. The highest BCUT2D eigenvalue weighted by Gasteiger charge is 2.19. The van der Waals surface area contributed by atoms with E-state index in [9.17, 15) is 14.4 Å². The van der Waals surface area contributed by atoms with Crippen molar-refractivity contribution >= 4 is 17.9 Å². The van der Waals surface area contributed by atoms with Crippen LogP contribution in [-0.4, -0.2) is 37.2 Å². The summed E-state index contributed by atoms with van der Waals surface area (Å²) in [6.07, 6.45) is 73.6. The molecule has 0 aromatic carbocycles. The number of hydrogen-bond acceptors (Lipinski definition) is 6. The molecule has 424 valence electrons. The number of hydrogen-bond donors (Lipinski definition) is 0. The second kappa shape index (κ2) is 61.4. The molecule has 0 aliphatic heterocycles. The van der Waals surface area contributed by atoms with Crippen LogP contribution in [0.4, 0.5) is 0 Å². The summed E-state index contributed by atoms with van der Waals surface area (Å²) in [5.74, 6) is -0.871. The van der Waals surface area contributed by atoms with Gasteiger partial charge in [0, 0.05) is 19.3 Å². The maximum absolute atomic E-state index is 12.8. The monoisotopic (exact) mass is 1010 g/mol. The number of carbonyl (C=O) groups excluding carboxylic acids is 3. The van der Waals surface area contributed by atoms with Gasteiger partial charge in [0.2, 0.25) is 0 Å². The average Bonchev–Trinajstić information content (AvgIpc) is 3.38. The fourth-order valence-corrected chi connectivity index (χ4v) is 9.80. The molecule has 0 bridgehead atoms. The molecular formula is C66H124O6. The Labute approximate surface area is 449 Å². The van der Waals surface area contributed by atoms with Crippen molar-refractivity contribution in [1.29, 1.82) is 0 Å². The van der Waals surface area contributed by atoms with Gasteiger partial charge in [-0.25, -0.2) is 0 Å². The van der Waals surface area contributed by atoms with Gasteiger partial charge in [-0.3, -0.25) is 14.4 Å². The van der Waals surface area contributed by atoms with E-state index in [0.717, 1.165) is 77.0 Å². The smallest absolute Gasteiger partial charge is 0.306 e. The van der Waals surface area contributed by atoms with Crippen LogP contribution in [0.3, 0.4) is 0 Å². The van der Waals surface area contributed by atoms with Crippen LogP contribution in [0.15, 0.2) is 24.3 Å². The number of esters is 3. The molecule has 0 spiro atoms. The van der Waals surface area contributed by atoms with E-state index < -0.39 is 6.10 Å². The molecule has 0 saturated heterocycles. The van der Waals surface area contributed by atoms with Gasteiger partial charge in [-0.05, 0) is 64.2 Å². The SMILES string of the molecule is CCC/C=C\CCCCCCCC(=O)OCC(COC(=O)CCCCCCCCCCCCCCCCCCCCCCCCCCCCCCC)OC(=O)CCCCCCC/C=C\CCCCCCCC. The molecule has 0 saturated carbocycles. The van der Waals surface area contributed by atoms with Gasteiger partial charge >= 0.3 is 17.9 Å². The normalized spacial score (nSPS) is 12.1. The molecule has 0 aliphatic rings. The molecule has 6 heteroatoms. The first kappa shape index (κ1) is 69.9. The van der Waals surface area contributed by atoms with Crippen molar-refractivity contribution in [2.75, 3.05) is 13.2 Å². The van der Waals surface area contributed by atoms with Gasteiger partial charge in [-0.1, -0.05) is 302 Å². The molecule has 72 heavy (non-hydrogen) atoms. The Morgan fingerprint density at radius 2 is 0.486 bits per heavy atom. The summed E-state index contributed by atoms with van der Waals surface area (Å²) in [6, 6.07) is 0. The fraction of sp³-hybridized carbons (Fsp3) is 0.894. The Morgan fingerprint density at radius 1 is 0.264 bits per heavy atom. The van der Waals surface area contributed by atoms with E-state index in [1.54, 1.807) is 0 Å². The van der Waals surface area contributed by atoms with Crippen LogP contribution in [0.1, 0.15) is 361 Å². The third-order valence-electron chi connectivity index (χ3n) is 14.7. The summed E-state index contributed by atoms with van der Waals surface area (Å²) in [5, 5.41) is 0. The number of ether oxygens (including phenoxy) is 3. The molecule has 0 aliphatic carbocycles. The minimum Gasteiger partial charge on any atom is -0.462 e. The zero-order valence-corrected chi connectivity index (χ0v) is 48.7. The van der Waals surface area contributed by atoms with Gasteiger partial charge in [-0.15, -0.1) is 0 Å². The van der Waals surface area contributed by atoms with E-state index in [4.69, 9.17) is 14.2 Å². The Bertz CT molecular complexity index is 1160. The Kier molecular flexibility index (Phi) is 59.6. The molecule has 0 rings (SSSR count). The zero-order chi connectivity index (χ0) is 52.2. The van der Waals surface area contributed by atoms with E-state index in [2.05, 4.69) is 45.1 Å². The van der Waals surface area contributed by atoms with E-state index in [1.807, 2.05) is 0 Å². The van der Waals surface area contributed by atoms with Crippen LogP contribution in [0.25, 0.3) is 0 Å². The van der Waals surface area contributed by atoms with Crippen LogP contribution in [0.5, 0.6) is 0 Å². The minimum atomic E-state index is -0.775. The number of allylic oxidation sites excluding steroid dienone is 4. The summed E-state index contributed by atoms with van der Waals surface area (Å²) in [6.45, 7) is 6.62. The number of unbranched alkanes of at least 4 members (excludes halogenated alkanes) is 45. The highest BCUT2D eigenvalue weighted by atomic mass is 16.6.